The fourth-order valence-electron chi connectivity index (χ4n) is 7.16. The van der Waals surface area contributed by atoms with Crippen molar-refractivity contribution in [1.82, 2.24) is 4.90 Å². The van der Waals surface area contributed by atoms with Gasteiger partial charge in [-0.1, -0.05) is 55.0 Å². The molecule has 8 heteroatoms. The van der Waals surface area contributed by atoms with Crippen molar-refractivity contribution in [2.24, 2.45) is 17.8 Å². The summed E-state index contributed by atoms with van der Waals surface area (Å²) < 4.78 is 6.07. The summed E-state index contributed by atoms with van der Waals surface area (Å²) in [7, 11) is -0.947. The summed E-state index contributed by atoms with van der Waals surface area (Å²) in [6.45, 7) is 4.17. The second-order valence-corrected chi connectivity index (χ2v) is 11.6. The molecule has 2 N–H and O–H groups in total. The first-order chi connectivity index (χ1) is 17.8. The van der Waals surface area contributed by atoms with Crippen LogP contribution in [0.2, 0.25) is 11.3 Å². The van der Waals surface area contributed by atoms with Gasteiger partial charge in [0.25, 0.3) is 0 Å². The Labute approximate surface area is 224 Å². The van der Waals surface area contributed by atoms with Crippen LogP contribution in [0.3, 0.4) is 0 Å². The highest BCUT2D eigenvalue weighted by molar-refractivity contribution is 6.43. The normalized spacial score (nSPS) is 29.1. The molecule has 6 nitrogen and oxygen atoms in total. The molecular weight excluding hydrogens is 489 g/mol. The number of fused-ring (bicyclic) bond motifs is 3. The molecule has 0 unspecified atom stereocenters. The second-order valence-electron chi connectivity index (χ2n) is 11.2. The van der Waals surface area contributed by atoms with Gasteiger partial charge in [-0.15, -0.1) is 0 Å². The van der Waals surface area contributed by atoms with E-state index >= 15 is 0 Å². The van der Waals surface area contributed by atoms with Gasteiger partial charge in [0.1, 0.15) is 5.75 Å². The first-order valence-electron chi connectivity index (χ1n) is 13.9. The number of rotatable bonds is 6. The SMILES string of the molecule is CC/C(=C\c1ccc(O)cc1Cl)CC[C@H]1OB(O)C[C@H]2C1=C(C)C[C@H]1C(=O)N(C3CCCCC3)C(=O)[C@H]12. The van der Waals surface area contributed by atoms with Crippen LogP contribution in [0.1, 0.15) is 77.2 Å². The third-order valence-electron chi connectivity index (χ3n) is 8.95. The third kappa shape index (κ3) is 5.15. The van der Waals surface area contributed by atoms with Crippen molar-refractivity contribution in [2.75, 3.05) is 0 Å². The zero-order valence-corrected chi connectivity index (χ0v) is 22.5. The summed E-state index contributed by atoms with van der Waals surface area (Å²) in [4.78, 5) is 28.8. The molecule has 2 aliphatic heterocycles. The maximum absolute atomic E-state index is 13.7. The topological polar surface area (TPSA) is 87.1 Å². The van der Waals surface area contributed by atoms with E-state index in [-0.39, 0.29) is 47.5 Å². The zero-order chi connectivity index (χ0) is 26.3. The molecule has 4 aliphatic rings. The van der Waals surface area contributed by atoms with Crippen LogP contribution < -0.4 is 0 Å². The van der Waals surface area contributed by atoms with Crippen LogP contribution in [0.15, 0.2) is 34.9 Å². The molecule has 2 aliphatic carbocycles. The molecule has 198 valence electrons. The smallest absolute Gasteiger partial charge is 0.455 e. The maximum Gasteiger partial charge on any atom is 0.455 e. The minimum absolute atomic E-state index is 0.000175. The lowest BCUT2D eigenvalue weighted by molar-refractivity contribution is -0.143. The Morgan fingerprint density at radius 3 is 2.65 bits per heavy atom. The first kappa shape index (κ1) is 26.5. The molecule has 37 heavy (non-hydrogen) atoms. The molecule has 0 aromatic heterocycles. The Hall–Kier alpha value is -2.09. The van der Waals surface area contributed by atoms with Gasteiger partial charge in [-0.3, -0.25) is 14.5 Å². The predicted octanol–water partition coefficient (Wildman–Crippen LogP) is 5.77. The van der Waals surface area contributed by atoms with E-state index in [1.807, 2.05) is 0 Å². The predicted molar refractivity (Wildman–Crippen MR) is 145 cm³/mol. The van der Waals surface area contributed by atoms with Crippen molar-refractivity contribution in [3.8, 4) is 5.75 Å². The van der Waals surface area contributed by atoms with E-state index < -0.39 is 7.12 Å². The van der Waals surface area contributed by atoms with Crippen molar-refractivity contribution in [3.63, 3.8) is 0 Å². The molecule has 4 atom stereocenters. The van der Waals surface area contributed by atoms with Crippen LogP contribution in [0, 0.1) is 17.8 Å². The number of halogens is 1. The van der Waals surface area contributed by atoms with E-state index in [1.54, 1.807) is 17.0 Å². The summed E-state index contributed by atoms with van der Waals surface area (Å²) in [5, 5.41) is 20.9. The number of benzene rings is 1. The average Bonchev–Trinajstić information content (AvgIpc) is 3.12. The third-order valence-corrected chi connectivity index (χ3v) is 9.28. The van der Waals surface area contributed by atoms with Crippen LogP contribution in [0.5, 0.6) is 5.75 Å². The van der Waals surface area contributed by atoms with Crippen molar-refractivity contribution < 1.29 is 24.4 Å². The summed E-state index contributed by atoms with van der Waals surface area (Å²) >= 11 is 6.32. The van der Waals surface area contributed by atoms with Gasteiger partial charge in [-0.2, -0.15) is 0 Å². The van der Waals surface area contributed by atoms with Crippen LogP contribution >= 0.6 is 11.6 Å². The van der Waals surface area contributed by atoms with E-state index in [4.69, 9.17) is 16.3 Å². The van der Waals surface area contributed by atoms with Gasteiger partial charge in [0, 0.05) is 6.04 Å². The van der Waals surface area contributed by atoms with Gasteiger partial charge < -0.3 is 14.8 Å². The summed E-state index contributed by atoms with van der Waals surface area (Å²) in [5.74, 6) is -0.738. The number of likely N-dealkylation sites (tertiary alicyclic amines) is 1. The fourth-order valence-corrected chi connectivity index (χ4v) is 7.39. The molecule has 0 bridgehead atoms. The van der Waals surface area contributed by atoms with Crippen LogP contribution in [-0.2, 0) is 14.2 Å². The number of carbonyl (C=O) groups is 2. The Balaban J connectivity index is 1.36. The Morgan fingerprint density at radius 1 is 1.19 bits per heavy atom. The summed E-state index contributed by atoms with van der Waals surface area (Å²) in [6.07, 6.45) is 10.1. The molecule has 1 aromatic carbocycles. The van der Waals surface area contributed by atoms with Gasteiger partial charge in [0.05, 0.1) is 23.0 Å². The molecule has 5 rings (SSSR count). The van der Waals surface area contributed by atoms with Crippen molar-refractivity contribution in [1.29, 1.82) is 0 Å². The van der Waals surface area contributed by atoms with Gasteiger partial charge in [0.15, 0.2) is 0 Å². The van der Waals surface area contributed by atoms with Gasteiger partial charge in [-0.05, 0) is 87.0 Å². The van der Waals surface area contributed by atoms with Crippen LogP contribution in [0.4, 0.5) is 0 Å². The molecule has 1 saturated carbocycles. The standard InChI is InChI=1S/C29H37BClNO5/c1-3-18(14-19-10-11-21(33)15-24(19)31)9-12-25-26-17(2)13-22-27(23(26)16-30(36)37-25)29(35)32(28(22)34)20-7-5-4-6-8-20/h10-11,14-15,20,22-23,25,27,33,36H,3-9,12-13,16H2,1-2H3/b18-14+/t22-,23+,25-,27-/m1/s1. The zero-order valence-electron chi connectivity index (χ0n) is 21.8. The second kappa shape index (κ2) is 11.0. The molecule has 2 amide bonds. The van der Waals surface area contributed by atoms with Crippen molar-refractivity contribution in [2.45, 2.75) is 90.1 Å². The highest BCUT2D eigenvalue weighted by Crippen LogP contribution is 2.51. The Bertz CT molecular complexity index is 1130. The number of hydrogen-bond acceptors (Lipinski definition) is 5. The lowest BCUT2D eigenvalue weighted by atomic mass is 9.58. The number of phenolic OH excluding ortho intramolecular Hbond substituents is 1. The quantitative estimate of drug-likeness (QED) is 0.280. The Kier molecular flexibility index (Phi) is 7.85. The fraction of sp³-hybridized carbons (Fsp3) is 0.586. The largest absolute Gasteiger partial charge is 0.508 e. The minimum Gasteiger partial charge on any atom is -0.508 e. The lowest BCUT2D eigenvalue weighted by Gasteiger charge is -2.42. The number of allylic oxidation sites excluding steroid dienone is 2. The van der Waals surface area contributed by atoms with Crippen molar-refractivity contribution >= 4 is 36.6 Å². The van der Waals surface area contributed by atoms with E-state index in [2.05, 4.69) is 19.9 Å². The molecule has 2 heterocycles. The highest BCUT2D eigenvalue weighted by Gasteiger charge is 2.57. The molecular formula is C29H37BClNO5. The number of nitrogens with zero attached hydrogens (tertiary/aromatic N) is 1. The Morgan fingerprint density at radius 2 is 1.95 bits per heavy atom. The van der Waals surface area contributed by atoms with Gasteiger partial charge >= 0.3 is 7.12 Å². The maximum atomic E-state index is 13.7. The minimum atomic E-state index is -0.947. The number of imide groups is 1. The van der Waals surface area contributed by atoms with E-state index in [9.17, 15) is 19.7 Å². The number of aromatic hydroxyl groups is 1. The van der Waals surface area contributed by atoms with Crippen molar-refractivity contribution in [3.05, 3.63) is 45.5 Å². The van der Waals surface area contributed by atoms with E-state index in [0.717, 1.165) is 55.2 Å². The number of carbonyl (C=O) groups excluding carboxylic acids is 2. The average molecular weight is 526 g/mol. The molecule has 3 fully saturated rings. The van der Waals surface area contributed by atoms with Gasteiger partial charge in [-0.25, -0.2) is 0 Å². The van der Waals surface area contributed by atoms with Crippen LogP contribution in [-0.4, -0.2) is 46.1 Å². The number of amides is 2. The lowest BCUT2D eigenvalue weighted by Crippen LogP contribution is -2.46. The molecule has 1 aromatic rings. The molecule has 0 radical (unpaired) electrons. The molecule has 2 saturated heterocycles. The van der Waals surface area contributed by atoms with Crippen LogP contribution in [0.25, 0.3) is 6.08 Å². The summed E-state index contributed by atoms with van der Waals surface area (Å²) in [6, 6.07) is 5.00. The number of phenols is 1. The first-order valence-corrected chi connectivity index (χ1v) is 14.2. The summed E-state index contributed by atoms with van der Waals surface area (Å²) in [5.41, 5.74) is 4.30. The monoisotopic (exact) mass is 525 g/mol. The number of hydrogen-bond donors (Lipinski definition) is 2. The van der Waals surface area contributed by atoms with E-state index in [1.165, 1.54) is 18.1 Å². The highest BCUT2D eigenvalue weighted by atomic mass is 35.5. The van der Waals surface area contributed by atoms with Gasteiger partial charge in [0.2, 0.25) is 11.8 Å². The molecule has 0 spiro atoms. The van der Waals surface area contributed by atoms with E-state index in [0.29, 0.717) is 24.2 Å².